The van der Waals surface area contributed by atoms with Gasteiger partial charge in [0.1, 0.15) is 5.82 Å². The fraction of sp³-hybridized carbons (Fsp3) is 0. The maximum absolute atomic E-state index is 13.0. The zero-order valence-corrected chi connectivity index (χ0v) is 6.70. The van der Waals surface area contributed by atoms with E-state index < -0.39 is 35.5 Å². The maximum atomic E-state index is 13.0. The van der Waals surface area contributed by atoms with Crippen LogP contribution in [0.5, 0.6) is 0 Å². The Labute approximate surface area is 75.0 Å². The summed E-state index contributed by atoms with van der Waals surface area (Å²) in [6.45, 7) is 0. The van der Waals surface area contributed by atoms with Crippen LogP contribution in [-0.4, -0.2) is 11.1 Å². The minimum atomic E-state index is -1.47. The Balaban J connectivity index is 3.68. The Kier molecular flexibility index (Phi) is 1.33. The van der Waals surface area contributed by atoms with E-state index in [-0.39, 0.29) is 4.47 Å². The van der Waals surface area contributed by atoms with Gasteiger partial charge in [-0.15, -0.1) is 0 Å². The van der Waals surface area contributed by atoms with Crippen LogP contribution in [0.1, 0.15) is 14.5 Å². The summed E-state index contributed by atoms with van der Waals surface area (Å²) < 4.78 is 34.0. The van der Waals surface area contributed by atoms with Gasteiger partial charge in [-0.05, 0) is 34.1 Å². The first kappa shape index (κ1) is 4.87. The van der Waals surface area contributed by atoms with E-state index >= 15 is 0 Å². The highest BCUT2D eigenvalue weighted by Crippen LogP contribution is 2.17. The highest BCUT2D eigenvalue weighted by Gasteiger charge is 2.07. The molecular formula is C7H4BrFO2. The number of hydrogen-bond acceptors (Lipinski definition) is 1. The molecule has 0 radical (unpaired) electrons. The predicted octanol–water partition coefficient (Wildman–Crippen LogP) is 2.29. The molecule has 0 aliphatic rings. The fourth-order valence-electron chi connectivity index (χ4n) is 0.510. The number of halogens is 2. The highest BCUT2D eigenvalue weighted by molar-refractivity contribution is 9.10. The summed E-state index contributed by atoms with van der Waals surface area (Å²) in [6, 6.07) is -2.34. The topological polar surface area (TPSA) is 37.3 Å². The van der Waals surface area contributed by atoms with Crippen molar-refractivity contribution in [2.75, 3.05) is 0 Å². The number of carboxylic acid groups (broad SMARTS) is 1. The molecule has 0 fully saturated rings. The van der Waals surface area contributed by atoms with Gasteiger partial charge in [0.2, 0.25) is 0 Å². The zero-order chi connectivity index (χ0) is 11.0. The Morgan fingerprint density at radius 3 is 2.91 bits per heavy atom. The van der Waals surface area contributed by atoms with E-state index in [0.717, 1.165) is 0 Å². The third-order valence-corrected chi connectivity index (χ3v) is 1.54. The lowest BCUT2D eigenvalue weighted by Crippen LogP contribution is -1.97. The SMILES string of the molecule is [2H]c1c([2H])c(C(=O)O)c(Br)c([2H])c1F. The lowest BCUT2D eigenvalue weighted by molar-refractivity contribution is 0.0696. The molecule has 0 spiro atoms. The molecule has 0 saturated carbocycles. The van der Waals surface area contributed by atoms with Gasteiger partial charge in [0.15, 0.2) is 0 Å². The summed E-state index contributed by atoms with van der Waals surface area (Å²) in [5.74, 6) is -2.67. The lowest BCUT2D eigenvalue weighted by Gasteiger charge is -1.96. The summed E-state index contributed by atoms with van der Waals surface area (Å²) in [5.41, 5.74) is -0.568. The molecule has 1 aromatic rings. The predicted molar refractivity (Wildman–Crippen MR) is 41.1 cm³/mol. The van der Waals surface area contributed by atoms with E-state index in [1.54, 1.807) is 0 Å². The van der Waals surface area contributed by atoms with Crippen LogP contribution in [0.25, 0.3) is 0 Å². The van der Waals surface area contributed by atoms with E-state index in [4.69, 9.17) is 9.22 Å². The fourth-order valence-corrected chi connectivity index (χ4v) is 0.952. The molecule has 58 valence electrons. The first-order valence-electron chi connectivity index (χ1n) is 4.06. The second kappa shape index (κ2) is 3.00. The third kappa shape index (κ3) is 1.77. The summed E-state index contributed by atoms with van der Waals surface area (Å²) in [6.07, 6.45) is 0. The molecule has 0 aromatic heterocycles. The van der Waals surface area contributed by atoms with Crippen LogP contribution in [0.4, 0.5) is 4.39 Å². The highest BCUT2D eigenvalue weighted by atomic mass is 79.9. The van der Waals surface area contributed by atoms with Crippen LogP contribution >= 0.6 is 15.9 Å². The van der Waals surface area contributed by atoms with Gasteiger partial charge in [0.05, 0.1) is 9.68 Å². The molecule has 0 atom stereocenters. The molecule has 0 aliphatic heterocycles. The molecule has 1 aromatic carbocycles. The molecule has 11 heavy (non-hydrogen) atoms. The minimum absolute atomic E-state index is 0.316. The Hall–Kier alpha value is -0.900. The van der Waals surface area contributed by atoms with Gasteiger partial charge in [-0.2, -0.15) is 0 Å². The van der Waals surface area contributed by atoms with Crippen molar-refractivity contribution < 1.29 is 18.4 Å². The van der Waals surface area contributed by atoms with Gasteiger partial charge in [-0.25, -0.2) is 9.18 Å². The largest absolute Gasteiger partial charge is 0.478 e. The molecule has 1 N–H and O–H groups in total. The first-order valence-corrected chi connectivity index (χ1v) is 3.35. The van der Waals surface area contributed by atoms with Crippen molar-refractivity contribution in [2.45, 2.75) is 0 Å². The Morgan fingerprint density at radius 1 is 1.73 bits per heavy atom. The second-order valence-electron chi connectivity index (χ2n) is 1.68. The monoisotopic (exact) mass is 221 g/mol. The van der Waals surface area contributed by atoms with Crippen LogP contribution in [0.2, 0.25) is 0 Å². The van der Waals surface area contributed by atoms with Gasteiger partial charge in [-0.1, -0.05) is 0 Å². The quantitative estimate of drug-likeness (QED) is 0.791. The number of carboxylic acids is 1. The smallest absolute Gasteiger partial charge is 0.336 e. The van der Waals surface area contributed by atoms with Crippen molar-refractivity contribution in [3.63, 3.8) is 0 Å². The summed E-state index contributed by atoms with van der Waals surface area (Å²) >= 11 is 2.70. The van der Waals surface area contributed by atoms with Crippen molar-refractivity contribution >= 4 is 21.9 Å². The van der Waals surface area contributed by atoms with Gasteiger partial charge in [0, 0.05) is 4.47 Å². The minimum Gasteiger partial charge on any atom is -0.478 e. The molecule has 0 unspecified atom stereocenters. The molecule has 0 aliphatic carbocycles. The average molecular weight is 222 g/mol. The molecule has 2 nitrogen and oxygen atoms in total. The Bertz CT molecular complexity index is 393. The second-order valence-corrected chi connectivity index (χ2v) is 2.48. The number of benzene rings is 1. The van der Waals surface area contributed by atoms with Gasteiger partial charge < -0.3 is 5.11 Å². The maximum Gasteiger partial charge on any atom is 0.336 e. The molecule has 0 bridgehead atoms. The summed E-state index contributed by atoms with van der Waals surface area (Å²) in [7, 11) is 0. The molecule has 0 saturated heterocycles. The van der Waals surface area contributed by atoms with E-state index in [1.807, 2.05) is 0 Å². The van der Waals surface area contributed by atoms with E-state index in [1.165, 1.54) is 0 Å². The van der Waals surface area contributed by atoms with Crippen molar-refractivity contribution in [3.05, 3.63) is 34.0 Å². The van der Waals surface area contributed by atoms with Crippen LogP contribution < -0.4 is 0 Å². The van der Waals surface area contributed by atoms with Crippen molar-refractivity contribution in [1.29, 1.82) is 0 Å². The summed E-state index contributed by atoms with van der Waals surface area (Å²) in [5, 5.41) is 8.65. The number of rotatable bonds is 1. The standard InChI is InChI=1S/C7H4BrFO2/c8-6-3-4(9)1-2-5(6)7(10)11/h1-3H,(H,10,11)/i1D,2D,3D. The van der Waals surface area contributed by atoms with Crippen molar-refractivity contribution in [1.82, 2.24) is 0 Å². The van der Waals surface area contributed by atoms with Crippen LogP contribution in [0, 0.1) is 5.82 Å². The molecule has 0 amide bonds. The molecule has 0 heterocycles. The van der Waals surface area contributed by atoms with E-state index in [0.29, 0.717) is 0 Å². The van der Waals surface area contributed by atoms with Crippen LogP contribution in [0.3, 0.4) is 0 Å². The van der Waals surface area contributed by atoms with Crippen molar-refractivity contribution in [3.8, 4) is 0 Å². The van der Waals surface area contributed by atoms with Gasteiger partial charge in [-0.3, -0.25) is 0 Å². The summed E-state index contributed by atoms with van der Waals surface area (Å²) in [4.78, 5) is 10.6. The molecule has 4 heteroatoms. The average Bonchev–Trinajstić information content (AvgIpc) is 2.11. The zero-order valence-electron chi connectivity index (χ0n) is 8.11. The number of aromatic carboxylic acids is 1. The van der Waals surface area contributed by atoms with Crippen LogP contribution in [-0.2, 0) is 0 Å². The normalized spacial score (nSPS) is 13.5. The Morgan fingerprint density at radius 2 is 2.36 bits per heavy atom. The first-order chi connectivity index (χ1) is 6.37. The lowest BCUT2D eigenvalue weighted by atomic mass is 10.2. The van der Waals surface area contributed by atoms with Crippen molar-refractivity contribution in [2.24, 2.45) is 0 Å². The molecular weight excluding hydrogens is 215 g/mol. The van der Waals surface area contributed by atoms with E-state index in [9.17, 15) is 9.18 Å². The van der Waals surface area contributed by atoms with Gasteiger partial charge in [0.25, 0.3) is 0 Å². The van der Waals surface area contributed by atoms with Gasteiger partial charge >= 0.3 is 5.97 Å². The number of carbonyl (C=O) groups is 1. The molecule has 1 rings (SSSR count). The number of hydrogen-bond donors (Lipinski definition) is 1. The van der Waals surface area contributed by atoms with Crippen LogP contribution in [0.15, 0.2) is 22.6 Å². The van der Waals surface area contributed by atoms with E-state index in [2.05, 4.69) is 15.9 Å². The third-order valence-electron chi connectivity index (χ3n) is 0.950.